The molecule has 10 nitrogen and oxygen atoms in total. The molecule has 1 saturated heterocycles. The summed E-state index contributed by atoms with van der Waals surface area (Å²) in [4.78, 5) is 19.9. The van der Waals surface area contributed by atoms with E-state index in [1.807, 2.05) is 29.5 Å². The van der Waals surface area contributed by atoms with Gasteiger partial charge in [-0.1, -0.05) is 12.1 Å². The largest absolute Gasteiger partial charge is 0.371 e. The molecule has 4 heterocycles. The summed E-state index contributed by atoms with van der Waals surface area (Å²) < 4.78 is 13.1. The van der Waals surface area contributed by atoms with E-state index in [4.69, 9.17) is 9.26 Å². The molecule has 1 N–H and O–H groups in total. The number of ether oxygens (including phenoxy) is 1. The summed E-state index contributed by atoms with van der Waals surface area (Å²) in [6.45, 7) is 8.72. The second kappa shape index (κ2) is 9.69. The molecule has 0 spiro atoms. The number of amides is 1. The van der Waals surface area contributed by atoms with Crippen LogP contribution in [0.4, 0.5) is 0 Å². The van der Waals surface area contributed by atoms with Crippen LogP contribution in [0.3, 0.4) is 0 Å². The predicted octanol–water partition coefficient (Wildman–Crippen LogP) is 3.98. The molecule has 10 heteroatoms. The summed E-state index contributed by atoms with van der Waals surface area (Å²) in [5, 5.41) is 16.2. The van der Waals surface area contributed by atoms with Crippen molar-refractivity contribution in [3.63, 3.8) is 0 Å². The summed E-state index contributed by atoms with van der Waals surface area (Å²) in [6.07, 6.45) is 6.25. The highest BCUT2D eigenvalue weighted by atomic mass is 16.5. The Morgan fingerprint density at radius 2 is 2.12 bits per heavy atom. The molecular weight excluding hydrogens is 434 g/mol. The molecule has 2 aliphatic rings. The third kappa shape index (κ3) is 4.64. The molecule has 1 atom stereocenters. The van der Waals surface area contributed by atoms with E-state index in [1.54, 1.807) is 0 Å². The van der Waals surface area contributed by atoms with Crippen molar-refractivity contribution in [3.05, 3.63) is 34.9 Å². The van der Waals surface area contributed by atoms with Gasteiger partial charge in [0.25, 0.3) is 11.8 Å². The SMILES string of the molecule is CCCn1nc(C)c(-c2cc(C(=O)N3CCCCC3c3noc(COCC4CC4)n3)[nH]n2)c1C. The van der Waals surface area contributed by atoms with E-state index in [1.165, 1.54) is 12.8 Å². The number of aryl methyl sites for hydroxylation is 2. The summed E-state index contributed by atoms with van der Waals surface area (Å²) in [5.74, 6) is 1.59. The third-order valence-corrected chi connectivity index (χ3v) is 6.70. The lowest BCUT2D eigenvalue weighted by atomic mass is 10.0. The molecule has 0 bridgehead atoms. The van der Waals surface area contributed by atoms with Crippen LogP contribution in [0.1, 0.15) is 85.1 Å². The minimum Gasteiger partial charge on any atom is -0.371 e. The maximum absolute atomic E-state index is 13.5. The number of aromatic amines is 1. The number of piperidine rings is 1. The van der Waals surface area contributed by atoms with Crippen LogP contribution in [0.25, 0.3) is 11.3 Å². The predicted molar refractivity (Wildman–Crippen MR) is 124 cm³/mol. The molecule has 0 aromatic carbocycles. The van der Waals surface area contributed by atoms with Crippen LogP contribution in [0.15, 0.2) is 10.6 Å². The van der Waals surface area contributed by atoms with Crippen molar-refractivity contribution in [3.8, 4) is 11.3 Å². The van der Waals surface area contributed by atoms with Gasteiger partial charge in [-0.2, -0.15) is 15.2 Å². The van der Waals surface area contributed by atoms with E-state index in [2.05, 4.69) is 32.4 Å². The van der Waals surface area contributed by atoms with Crippen molar-refractivity contribution in [2.75, 3.05) is 13.2 Å². The molecule has 3 aromatic heterocycles. The first-order chi connectivity index (χ1) is 16.5. The molecular formula is C24H33N7O3. The van der Waals surface area contributed by atoms with Gasteiger partial charge in [0.1, 0.15) is 12.3 Å². The Labute approximate surface area is 199 Å². The van der Waals surface area contributed by atoms with Gasteiger partial charge in [0.2, 0.25) is 0 Å². The van der Waals surface area contributed by atoms with Gasteiger partial charge in [-0.3, -0.25) is 14.6 Å². The zero-order chi connectivity index (χ0) is 23.7. The van der Waals surface area contributed by atoms with Crippen LogP contribution in [0.5, 0.6) is 0 Å². The van der Waals surface area contributed by atoms with E-state index < -0.39 is 0 Å². The Hall–Kier alpha value is -3.01. The average Bonchev–Trinajstić information content (AvgIpc) is 3.21. The average molecular weight is 468 g/mol. The molecule has 2 fully saturated rings. The number of aromatic nitrogens is 6. The van der Waals surface area contributed by atoms with Gasteiger partial charge in [-0.05, 0) is 64.4 Å². The summed E-state index contributed by atoms with van der Waals surface area (Å²) >= 11 is 0. The minimum atomic E-state index is -0.218. The molecule has 1 aliphatic heterocycles. The fraction of sp³-hybridized carbons (Fsp3) is 0.625. The van der Waals surface area contributed by atoms with E-state index in [0.717, 1.165) is 61.5 Å². The first-order valence-corrected chi connectivity index (χ1v) is 12.4. The number of nitrogens with zero attached hydrogens (tertiary/aromatic N) is 6. The molecule has 34 heavy (non-hydrogen) atoms. The molecule has 5 rings (SSSR count). The lowest BCUT2D eigenvalue weighted by molar-refractivity contribution is 0.0590. The van der Waals surface area contributed by atoms with Crippen molar-refractivity contribution in [2.24, 2.45) is 5.92 Å². The Bertz CT molecular complexity index is 1140. The lowest BCUT2D eigenvalue weighted by Crippen LogP contribution is -2.39. The van der Waals surface area contributed by atoms with E-state index in [-0.39, 0.29) is 11.9 Å². The Balaban J connectivity index is 1.31. The number of nitrogens with one attached hydrogen (secondary N) is 1. The number of hydrogen-bond donors (Lipinski definition) is 1. The van der Waals surface area contributed by atoms with Crippen molar-refractivity contribution in [1.29, 1.82) is 0 Å². The standard InChI is InChI=1S/C24H33N7O3/c1-4-10-31-16(3)22(15(2)28-31)18-12-19(27-26-18)24(32)30-11-6-5-7-20(30)23-25-21(34-29-23)14-33-13-17-8-9-17/h12,17,20H,4-11,13-14H2,1-3H3,(H,26,27). The first-order valence-electron chi connectivity index (χ1n) is 12.4. The molecule has 1 amide bonds. The Kier molecular flexibility index (Phi) is 6.49. The van der Waals surface area contributed by atoms with Crippen LogP contribution >= 0.6 is 0 Å². The maximum atomic E-state index is 13.5. The fourth-order valence-electron chi connectivity index (χ4n) is 4.71. The molecule has 3 aromatic rings. The summed E-state index contributed by atoms with van der Waals surface area (Å²) in [6, 6.07) is 1.61. The zero-order valence-electron chi connectivity index (χ0n) is 20.2. The molecule has 1 unspecified atom stereocenters. The fourth-order valence-corrected chi connectivity index (χ4v) is 4.71. The van der Waals surface area contributed by atoms with Crippen molar-refractivity contribution >= 4 is 5.91 Å². The number of likely N-dealkylation sites (tertiary alicyclic amines) is 1. The topological polar surface area (TPSA) is 115 Å². The minimum absolute atomic E-state index is 0.101. The van der Waals surface area contributed by atoms with Crippen molar-refractivity contribution < 1.29 is 14.1 Å². The van der Waals surface area contributed by atoms with Gasteiger partial charge in [-0.25, -0.2) is 0 Å². The Morgan fingerprint density at radius 1 is 1.26 bits per heavy atom. The lowest BCUT2D eigenvalue weighted by Gasteiger charge is -2.33. The van der Waals surface area contributed by atoms with Crippen molar-refractivity contribution in [2.45, 2.75) is 78.5 Å². The summed E-state index contributed by atoms with van der Waals surface area (Å²) in [7, 11) is 0. The van der Waals surface area contributed by atoms with Gasteiger partial charge in [-0.15, -0.1) is 0 Å². The van der Waals surface area contributed by atoms with Crippen molar-refractivity contribution in [1.82, 2.24) is 35.0 Å². The number of carbonyl (C=O) groups excluding carboxylic acids is 1. The highest BCUT2D eigenvalue weighted by Gasteiger charge is 2.33. The number of hydrogen-bond acceptors (Lipinski definition) is 7. The normalized spacial score (nSPS) is 18.6. The smallest absolute Gasteiger partial charge is 0.272 e. The molecule has 182 valence electrons. The van der Waals surface area contributed by atoms with Crippen LogP contribution in [0, 0.1) is 19.8 Å². The van der Waals surface area contributed by atoms with Crippen LogP contribution in [-0.2, 0) is 17.9 Å². The molecule has 0 radical (unpaired) electrons. The molecule has 1 aliphatic carbocycles. The highest BCUT2D eigenvalue weighted by molar-refractivity contribution is 5.93. The number of rotatable bonds is 9. The van der Waals surface area contributed by atoms with Crippen LogP contribution in [-0.4, -0.2) is 54.1 Å². The monoisotopic (exact) mass is 467 g/mol. The van der Waals surface area contributed by atoms with Gasteiger partial charge in [0.05, 0.1) is 24.0 Å². The van der Waals surface area contributed by atoms with Gasteiger partial charge in [0.15, 0.2) is 5.82 Å². The van der Waals surface area contributed by atoms with Gasteiger partial charge in [0, 0.05) is 24.3 Å². The summed E-state index contributed by atoms with van der Waals surface area (Å²) in [5.41, 5.74) is 4.15. The second-order valence-corrected chi connectivity index (χ2v) is 9.45. The third-order valence-electron chi connectivity index (χ3n) is 6.70. The maximum Gasteiger partial charge on any atom is 0.272 e. The highest BCUT2D eigenvalue weighted by Crippen LogP contribution is 2.32. The van der Waals surface area contributed by atoms with Crippen LogP contribution < -0.4 is 0 Å². The van der Waals surface area contributed by atoms with E-state index >= 15 is 0 Å². The quantitative estimate of drug-likeness (QED) is 0.506. The van der Waals surface area contributed by atoms with Gasteiger partial charge >= 0.3 is 0 Å². The first kappa shape index (κ1) is 22.8. The van der Waals surface area contributed by atoms with Gasteiger partial charge < -0.3 is 14.2 Å². The van der Waals surface area contributed by atoms with Crippen LogP contribution in [0.2, 0.25) is 0 Å². The molecule has 1 saturated carbocycles. The zero-order valence-corrected chi connectivity index (χ0v) is 20.2. The Morgan fingerprint density at radius 3 is 2.91 bits per heavy atom. The number of H-pyrrole nitrogens is 1. The second-order valence-electron chi connectivity index (χ2n) is 9.45. The number of carbonyl (C=O) groups is 1. The van der Waals surface area contributed by atoms with E-state index in [0.29, 0.717) is 36.5 Å². The van der Waals surface area contributed by atoms with E-state index in [9.17, 15) is 4.79 Å².